The van der Waals surface area contributed by atoms with Gasteiger partial charge in [0.05, 0.1) is 12.0 Å². The number of hydrogen-bond donors (Lipinski definition) is 2. The lowest BCUT2D eigenvalue weighted by molar-refractivity contribution is -0.116. The number of amides is 1. The molecular weight excluding hydrogens is 392 g/mol. The molecule has 2 atom stereocenters. The maximum absolute atomic E-state index is 12.3. The minimum absolute atomic E-state index is 0.0408. The predicted molar refractivity (Wildman–Crippen MR) is 113 cm³/mol. The molecule has 0 aromatic carbocycles. The Bertz CT molecular complexity index is 907. The van der Waals surface area contributed by atoms with E-state index >= 15 is 0 Å². The highest BCUT2D eigenvalue weighted by Gasteiger charge is 2.39. The number of unbranched alkanes of at least 4 members (excludes halogenated alkanes) is 4. The Morgan fingerprint density at radius 2 is 2.24 bits per heavy atom. The lowest BCUT2D eigenvalue weighted by Crippen LogP contribution is -2.31. The molecule has 156 valence electrons. The summed E-state index contributed by atoms with van der Waals surface area (Å²) in [5, 5.41) is 13.2. The predicted octanol–water partition coefficient (Wildman–Crippen LogP) is 4.06. The van der Waals surface area contributed by atoms with Crippen molar-refractivity contribution in [2.75, 3.05) is 11.9 Å². The van der Waals surface area contributed by atoms with Crippen molar-refractivity contribution in [2.24, 2.45) is 0 Å². The second-order valence-electron chi connectivity index (χ2n) is 7.42. The molecule has 1 fully saturated rings. The van der Waals surface area contributed by atoms with Crippen LogP contribution in [0.25, 0.3) is 11.0 Å². The van der Waals surface area contributed by atoms with E-state index in [4.69, 9.17) is 22.8 Å². The van der Waals surface area contributed by atoms with E-state index in [1.54, 1.807) is 0 Å². The Labute approximate surface area is 175 Å². The second-order valence-corrected chi connectivity index (χ2v) is 7.76. The van der Waals surface area contributed by atoms with Crippen LogP contribution in [0.1, 0.15) is 64.5 Å². The zero-order valence-corrected chi connectivity index (χ0v) is 17.4. The van der Waals surface area contributed by atoms with Crippen LogP contribution in [0.5, 0.6) is 0 Å². The van der Waals surface area contributed by atoms with Gasteiger partial charge in [0.1, 0.15) is 17.7 Å². The van der Waals surface area contributed by atoms with E-state index in [2.05, 4.69) is 28.1 Å². The Hall–Kier alpha value is -2.14. The highest BCUT2D eigenvalue weighted by Crippen LogP contribution is 2.38. The van der Waals surface area contributed by atoms with E-state index in [-0.39, 0.29) is 24.0 Å². The lowest BCUT2D eigenvalue weighted by atomic mass is 10.0. The van der Waals surface area contributed by atoms with Gasteiger partial charge in [-0.15, -0.1) is 6.42 Å². The molecule has 1 aliphatic rings. The van der Waals surface area contributed by atoms with Gasteiger partial charge in [-0.2, -0.15) is 9.97 Å². The number of halogens is 1. The maximum atomic E-state index is 12.3. The Kier molecular flexibility index (Phi) is 7.12. The summed E-state index contributed by atoms with van der Waals surface area (Å²) < 4.78 is 7.75. The lowest BCUT2D eigenvalue weighted by Gasteiger charge is -2.21. The molecule has 0 aliphatic carbocycles. The SMILES string of the molecule is C#CC1(CO)CCC(n2ccc3c(NC(=O)CCCCCCC)nc(Cl)nc32)O1. The summed E-state index contributed by atoms with van der Waals surface area (Å²) in [6, 6.07) is 1.82. The van der Waals surface area contributed by atoms with Crippen LogP contribution >= 0.6 is 11.6 Å². The molecule has 29 heavy (non-hydrogen) atoms. The van der Waals surface area contributed by atoms with Gasteiger partial charge >= 0.3 is 0 Å². The third-order valence-corrected chi connectivity index (χ3v) is 5.46. The highest BCUT2D eigenvalue weighted by molar-refractivity contribution is 6.28. The van der Waals surface area contributed by atoms with Crippen LogP contribution in [0, 0.1) is 12.3 Å². The molecule has 2 N–H and O–H groups in total. The number of nitrogens with one attached hydrogen (secondary N) is 1. The number of aliphatic hydroxyl groups is 1. The van der Waals surface area contributed by atoms with Crippen molar-refractivity contribution in [1.82, 2.24) is 14.5 Å². The number of aromatic nitrogens is 3. The molecule has 2 unspecified atom stereocenters. The molecule has 0 saturated carbocycles. The van der Waals surface area contributed by atoms with E-state index in [1.807, 2.05) is 16.8 Å². The zero-order valence-electron chi connectivity index (χ0n) is 16.7. The molecule has 0 spiro atoms. The highest BCUT2D eigenvalue weighted by atomic mass is 35.5. The monoisotopic (exact) mass is 418 g/mol. The fourth-order valence-electron chi connectivity index (χ4n) is 3.62. The molecule has 3 heterocycles. The smallest absolute Gasteiger partial charge is 0.226 e. The van der Waals surface area contributed by atoms with Crippen molar-refractivity contribution in [1.29, 1.82) is 0 Å². The minimum atomic E-state index is -0.979. The number of rotatable bonds is 9. The number of anilines is 1. The number of ether oxygens (including phenoxy) is 1. The molecule has 2 aromatic heterocycles. The van der Waals surface area contributed by atoms with Gasteiger partial charge in [0.2, 0.25) is 11.2 Å². The third-order valence-electron chi connectivity index (χ3n) is 5.30. The summed E-state index contributed by atoms with van der Waals surface area (Å²) in [6.07, 6.45) is 14.0. The van der Waals surface area contributed by atoms with Crippen molar-refractivity contribution >= 4 is 34.4 Å². The van der Waals surface area contributed by atoms with Crippen LogP contribution in [0.2, 0.25) is 5.28 Å². The van der Waals surface area contributed by atoms with Gasteiger partial charge in [-0.1, -0.05) is 38.5 Å². The van der Waals surface area contributed by atoms with Crippen LogP contribution in [0.3, 0.4) is 0 Å². The average Bonchev–Trinajstić information content (AvgIpc) is 3.32. The Balaban J connectivity index is 1.74. The zero-order chi connectivity index (χ0) is 20.9. The van der Waals surface area contributed by atoms with Crippen molar-refractivity contribution in [3.05, 3.63) is 17.5 Å². The van der Waals surface area contributed by atoms with Crippen LogP contribution < -0.4 is 5.32 Å². The summed E-state index contributed by atoms with van der Waals surface area (Å²) in [7, 11) is 0. The Morgan fingerprint density at radius 3 is 2.93 bits per heavy atom. The van der Waals surface area contributed by atoms with Gasteiger partial charge < -0.3 is 19.7 Å². The number of carbonyl (C=O) groups is 1. The molecule has 0 bridgehead atoms. The van der Waals surface area contributed by atoms with Crippen LogP contribution in [-0.4, -0.2) is 37.8 Å². The van der Waals surface area contributed by atoms with Crippen molar-refractivity contribution in [2.45, 2.75) is 70.1 Å². The molecule has 0 radical (unpaired) electrons. The molecule has 1 saturated heterocycles. The summed E-state index contributed by atoms with van der Waals surface area (Å²) in [6.45, 7) is 1.92. The number of aliphatic hydroxyl groups excluding tert-OH is 1. The first-order valence-corrected chi connectivity index (χ1v) is 10.5. The maximum Gasteiger partial charge on any atom is 0.226 e. The average molecular weight is 419 g/mol. The van der Waals surface area contributed by atoms with Crippen LogP contribution in [-0.2, 0) is 9.53 Å². The molecule has 1 amide bonds. The number of terminal acetylenes is 1. The quantitative estimate of drug-likeness (QED) is 0.364. The van der Waals surface area contributed by atoms with Gasteiger partial charge in [0, 0.05) is 12.6 Å². The topological polar surface area (TPSA) is 89.3 Å². The van der Waals surface area contributed by atoms with Crippen molar-refractivity contribution in [3.63, 3.8) is 0 Å². The standard InChI is InChI=1S/C21H27ClN4O3/c1-3-5-6-7-8-9-16(28)23-18-15-11-13-26(19(15)25-20(22)24-18)17-10-12-21(4-2,14-27)29-17/h2,11,13,17,27H,3,5-10,12,14H2,1H3,(H,23,24,25,28). The fourth-order valence-corrected chi connectivity index (χ4v) is 3.78. The second kappa shape index (κ2) is 9.57. The molecule has 1 aliphatic heterocycles. The molecule has 2 aromatic rings. The molecule has 8 heteroatoms. The summed E-state index contributed by atoms with van der Waals surface area (Å²) in [5.41, 5.74) is -0.425. The van der Waals surface area contributed by atoms with Gasteiger partial charge in [-0.3, -0.25) is 4.79 Å². The number of carbonyl (C=O) groups excluding carboxylic acids is 1. The molecular formula is C21H27ClN4O3. The van der Waals surface area contributed by atoms with E-state index in [0.29, 0.717) is 36.1 Å². The molecule has 7 nitrogen and oxygen atoms in total. The van der Waals surface area contributed by atoms with E-state index in [9.17, 15) is 9.90 Å². The molecule has 3 rings (SSSR count). The van der Waals surface area contributed by atoms with Gasteiger partial charge in [0.15, 0.2) is 5.60 Å². The van der Waals surface area contributed by atoms with Gasteiger partial charge in [-0.05, 0) is 36.9 Å². The summed E-state index contributed by atoms with van der Waals surface area (Å²) in [5.74, 6) is 2.85. The minimum Gasteiger partial charge on any atom is -0.392 e. The number of nitrogens with zero attached hydrogens (tertiary/aromatic N) is 3. The largest absolute Gasteiger partial charge is 0.392 e. The van der Waals surface area contributed by atoms with Gasteiger partial charge in [0.25, 0.3) is 0 Å². The first kappa shape index (κ1) is 21.6. The van der Waals surface area contributed by atoms with Gasteiger partial charge in [-0.25, -0.2) is 0 Å². The van der Waals surface area contributed by atoms with E-state index in [0.717, 1.165) is 19.3 Å². The van der Waals surface area contributed by atoms with Crippen LogP contribution in [0.15, 0.2) is 12.3 Å². The third kappa shape index (κ3) is 4.89. The first-order valence-electron chi connectivity index (χ1n) is 10.1. The fraction of sp³-hybridized carbons (Fsp3) is 0.571. The number of hydrogen-bond acceptors (Lipinski definition) is 5. The van der Waals surface area contributed by atoms with Crippen molar-refractivity contribution in [3.8, 4) is 12.3 Å². The number of fused-ring (bicyclic) bond motifs is 1. The Morgan fingerprint density at radius 1 is 1.45 bits per heavy atom. The van der Waals surface area contributed by atoms with Crippen molar-refractivity contribution < 1.29 is 14.6 Å². The normalized spacial score (nSPS) is 21.4. The first-order chi connectivity index (χ1) is 14.0. The van der Waals surface area contributed by atoms with E-state index < -0.39 is 5.60 Å². The summed E-state index contributed by atoms with van der Waals surface area (Å²) in [4.78, 5) is 20.8. The van der Waals surface area contributed by atoms with Crippen LogP contribution in [0.4, 0.5) is 5.82 Å². The van der Waals surface area contributed by atoms with E-state index in [1.165, 1.54) is 12.8 Å². The summed E-state index contributed by atoms with van der Waals surface area (Å²) >= 11 is 6.11.